The molecule has 3 N–H and O–H groups in total. The zero-order valence-corrected chi connectivity index (χ0v) is 12.8. The number of halogens is 1. The van der Waals surface area contributed by atoms with Crippen molar-refractivity contribution in [3.8, 4) is 0 Å². The maximum atomic E-state index is 12.0. The smallest absolute Gasteiger partial charge is 0.328 e. The molecule has 1 heterocycles. The fourth-order valence-electron chi connectivity index (χ4n) is 1.93. The number of imidazole rings is 1. The highest BCUT2D eigenvalue weighted by Gasteiger charge is 2.16. The predicted molar refractivity (Wildman–Crippen MR) is 79.7 cm³/mol. The molecule has 0 amide bonds. The van der Waals surface area contributed by atoms with Crippen LogP contribution in [-0.2, 0) is 24.1 Å². The molecule has 112 valence electrons. The van der Waals surface area contributed by atoms with Crippen molar-refractivity contribution in [2.24, 2.45) is 19.8 Å². The lowest BCUT2D eigenvalue weighted by Gasteiger charge is -2.06. The summed E-state index contributed by atoms with van der Waals surface area (Å²) in [5, 5.41) is 0. The number of rotatable bonds is 4. The Kier molecular flexibility index (Phi) is 4.98. The Hall–Kier alpha value is -1.35. The highest BCUT2D eigenvalue weighted by atomic mass is 35.5. The van der Waals surface area contributed by atoms with Gasteiger partial charge in [0.2, 0.25) is 10.0 Å². The van der Waals surface area contributed by atoms with Gasteiger partial charge in [-0.2, -0.15) is 0 Å². The molecule has 0 unspecified atom stereocenters. The van der Waals surface area contributed by atoms with E-state index < -0.39 is 10.0 Å². The molecule has 0 fully saturated rings. The van der Waals surface area contributed by atoms with Crippen LogP contribution in [0.25, 0.3) is 11.0 Å². The molecule has 0 atom stereocenters. The quantitative estimate of drug-likeness (QED) is 0.796. The second kappa shape index (κ2) is 5.96. The van der Waals surface area contributed by atoms with E-state index in [1.165, 1.54) is 21.3 Å². The summed E-state index contributed by atoms with van der Waals surface area (Å²) >= 11 is 0. The number of hydrogen-bond acceptors (Lipinski definition) is 4. The Bertz CT molecular complexity index is 779. The van der Waals surface area contributed by atoms with Gasteiger partial charge in [0.1, 0.15) is 0 Å². The Labute approximate surface area is 122 Å². The third-order valence-corrected chi connectivity index (χ3v) is 4.45. The highest BCUT2D eigenvalue weighted by molar-refractivity contribution is 7.89. The molecule has 1 aromatic carbocycles. The molecule has 0 bridgehead atoms. The van der Waals surface area contributed by atoms with Crippen LogP contribution in [0.4, 0.5) is 0 Å². The molecule has 0 radical (unpaired) electrons. The molecule has 1 aromatic heterocycles. The van der Waals surface area contributed by atoms with Crippen LogP contribution >= 0.6 is 12.4 Å². The van der Waals surface area contributed by atoms with Gasteiger partial charge in [-0.15, -0.1) is 12.4 Å². The number of benzene rings is 1. The summed E-state index contributed by atoms with van der Waals surface area (Å²) in [7, 11) is -0.339. The van der Waals surface area contributed by atoms with Gasteiger partial charge in [-0.05, 0) is 18.2 Å². The number of nitrogens with two attached hydrogens (primary N) is 1. The zero-order chi connectivity index (χ0) is 14.2. The third-order valence-electron chi connectivity index (χ3n) is 2.99. The van der Waals surface area contributed by atoms with Crippen LogP contribution in [0, 0.1) is 0 Å². The number of nitrogens with one attached hydrogen (secondary N) is 1. The summed E-state index contributed by atoms with van der Waals surface area (Å²) in [6.45, 7) is 0.402. The molecule has 0 saturated heterocycles. The lowest BCUT2D eigenvalue weighted by molar-refractivity contribution is 0.582. The highest BCUT2D eigenvalue weighted by Crippen LogP contribution is 2.17. The summed E-state index contributed by atoms with van der Waals surface area (Å²) in [5.41, 5.74) is 6.34. The predicted octanol–water partition coefficient (Wildman–Crippen LogP) is -0.464. The lowest BCUT2D eigenvalue weighted by atomic mass is 10.3. The molecule has 2 aromatic rings. The van der Waals surface area contributed by atoms with E-state index in [-0.39, 0.29) is 36.1 Å². The molecule has 0 aliphatic carbocycles. The largest absolute Gasteiger partial charge is 0.329 e. The molecule has 0 spiro atoms. The van der Waals surface area contributed by atoms with Crippen LogP contribution in [0.2, 0.25) is 0 Å². The van der Waals surface area contributed by atoms with E-state index in [9.17, 15) is 13.2 Å². The number of hydrogen-bond donors (Lipinski definition) is 2. The Morgan fingerprint density at radius 3 is 2.40 bits per heavy atom. The molecule has 0 saturated carbocycles. The SMILES string of the molecule is Cl.Cn1c(=O)n(C)c2cc(S(=O)(=O)NCCN)ccc21. The Balaban J connectivity index is 0.00000200. The zero-order valence-electron chi connectivity index (χ0n) is 11.2. The molecule has 0 aliphatic heterocycles. The number of aromatic nitrogens is 2. The summed E-state index contributed by atoms with van der Waals surface area (Å²) in [6.07, 6.45) is 0. The first-order valence-corrected chi connectivity index (χ1v) is 7.22. The van der Waals surface area contributed by atoms with Gasteiger partial charge in [0.25, 0.3) is 0 Å². The van der Waals surface area contributed by atoms with E-state index in [1.54, 1.807) is 20.2 Å². The van der Waals surface area contributed by atoms with Gasteiger partial charge in [-0.1, -0.05) is 0 Å². The van der Waals surface area contributed by atoms with Gasteiger partial charge in [-0.25, -0.2) is 17.9 Å². The molecule has 20 heavy (non-hydrogen) atoms. The van der Waals surface area contributed by atoms with E-state index in [4.69, 9.17) is 5.73 Å². The summed E-state index contributed by atoms with van der Waals surface area (Å²) in [5.74, 6) is 0. The summed E-state index contributed by atoms with van der Waals surface area (Å²) < 4.78 is 29.2. The number of aryl methyl sites for hydroxylation is 2. The van der Waals surface area contributed by atoms with Crippen LogP contribution in [0.5, 0.6) is 0 Å². The first kappa shape index (κ1) is 16.7. The Morgan fingerprint density at radius 2 is 1.80 bits per heavy atom. The van der Waals surface area contributed by atoms with Crippen LogP contribution < -0.4 is 16.1 Å². The monoisotopic (exact) mass is 320 g/mol. The first-order valence-electron chi connectivity index (χ1n) is 5.73. The molecule has 9 heteroatoms. The average molecular weight is 321 g/mol. The topological polar surface area (TPSA) is 99.1 Å². The van der Waals surface area contributed by atoms with E-state index in [1.807, 2.05) is 0 Å². The maximum Gasteiger partial charge on any atom is 0.328 e. The van der Waals surface area contributed by atoms with Gasteiger partial charge in [0, 0.05) is 27.2 Å². The van der Waals surface area contributed by atoms with Crippen LogP contribution in [0.15, 0.2) is 27.9 Å². The third kappa shape index (κ3) is 2.73. The van der Waals surface area contributed by atoms with Gasteiger partial charge in [0.05, 0.1) is 15.9 Å². The minimum Gasteiger partial charge on any atom is -0.329 e. The molecular formula is C11H17ClN4O3S. The fourth-order valence-corrected chi connectivity index (χ4v) is 3.00. The van der Waals surface area contributed by atoms with Crippen LogP contribution in [-0.4, -0.2) is 30.6 Å². The van der Waals surface area contributed by atoms with Crippen molar-refractivity contribution in [1.29, 1.82) is 0 Å². The van der Waals surface area contributed by atoms with Crippen molar-refractivity contribution in [3.05, 3.63) is 28.7 Å². The number of sulfonamides is 1. The molecule has 7 nitrogen and oxygen atoms in total. The lowest BCUT2D eigenvalue weighted by Crippen LogP contribution is -2.29. The number of nitrogens with zero attached hydrogens (tertiary/aromatic N) is 2. The van der Waals surface area contributed by atoms with Gasteiger partial charge >= 0.3 is 5.69 Å². The second-order valence-corrected chi connectivity index (χ2v) is 6.00. The molecule has 0 aliphatic rings. The van der Waals surface area contributed by atoms with Crippen molar-refractivity contribution in [1.82, 2.24) is 13.9 Å². The first-order chi connectivity index (χ1) is 8.88. The van der Waals surface area contributed by atoms with Crippen molar-refractivity contribution < 1.29 is 8.42 Å². The Morgan fingerprint density at radius 1 is 1.20 bits per heavy atom. The average Bonchev–Trinajstić information content (AvgIpc) is 2.61. The van der Waals surface area contributed by atoms with E-state index >= 15 is 0 Å². The normalized spacial score (nSPS) is 11.6. The van der Waals surface area contributed by atoms with E-state index in [2.05, 4.69) is 4.72 Å². The summed E-state index contributed by atoms with van der Waals surface area (Å²) in [6, 6.07) is 4.57. The second-order valence-electron chi connectivity index (χ2n) is 4.24. The van der Waals surface area contributed by atoms with Crippen LogP contribution in [0.3, 0.4) is 0 Å². The molecule has 2 rings (SSSR count). The van der Waals surface area contributed by atoms with Crippen LogP contribution in [0.1, 0.15) is 0 Å². The maximum absolute atomic E-state index is 12.0. The van der Waals surface area contributed by atoms with Crippen molar-refractivity contribution in [3.63, 3.8) is 0 Å². The van der Waals surface area contributed by atoms with Crippen molar-refractivity contribution in [2.45, 2.75) is 4.90 Å². The van der Waals surface area contributed by atoms with E-state index in [0.29, 0.717) is 11.0 Å². The van der Waals surface area contributed by atoms with Gasteiger partial charge in [-0.3, -0.25) is 9.13 Å². The minimum absolute atomic E-state index is 0. The van der Waals surface area contributed by atoms with Crippen molar-refractivity contribution in [2.75, 3.05) is 13.1 Å². The summed E-state index contributed by atoms with van der Waals surface area (Å²) in [4.78, 5) is 11.9. The minimum atomic E-state index is -3.59. The van der Waals surface area contributed by atoms with E-state index in [0.717, 1.165) is 0 Å². The number of fused-ring (bicyclic) bond motifs is 1. The standard InChI is InChI=1S/C11H16N4O3S.ClH/c1-14-9-4-3-8(19(17,18)13-6-5-12)7-10(9)15(2)11(14)16;/h3-4,7,13H,5-6,12H2,1-2H3;1H. The van der Waals surface area contributed by atoms with Gasteiger partial charge in [0.15, 0.2) is 0 Å². The fraction of sp³-hybridized carbons (Fsp3) is 0.364. The molecular weight excluding hydrogens is 304 g/mol. The van der Waals surface area contributed by atoms with Crippen molar-refractivity contribution >= 4 is 33.5 Å². The van der Waals surface area contributed by atoms with Gasteiger partial charge < -0.3 is 5.73 Å².